The van der Waals surface area contributed by atoms with Crippen molar-refractivity contribution in [2.75, 3.05) is 13.7 Å². The van der Waals surface area contributed by atoms with Crippen molar-refractivity contribution in [1.82, 2.24) is 4.90 Å². The van der Waals surface area contributed by atoms with E-state index in [4.69, 9.17) is 10.5 Å². The lowest BCUT2D eigenvalue weighted by Gasteiger charge is -2.59. The molecule has 21 heavy (non-hydrogen) atoms. The second kappa shape index (κ2) is 5.88. The molecule has 2 unspecified atom stereocenters. The van der Waals surface area contributed by atoms with Gasteiger partial charge in [0.15, 0.2) is 0 Å². The Bertz CT molecular complexity index is 388. The van der Waals surface area contributed by atoms with E-state index in [-0.39, 0.29) is 17.4 Å². The predicted octanol–water partition coefficient (Wildman–Crippen LogP) is 2.56. The van der Waals surface area contributed by atoms with Gasteiger partial charge in [0.2, 0.25) is 5.91 Å². The molecule has 0 aromatic heterocycles. The number of amides is 1. The van der Waals surface area contributed by atoms with E-state index in [2.05, 4.69) is 20.8 Å². The van der Waals surface area contributed by atoms with E-state index >= 15 is 0 Å². The van der Waals surface area contributed by atoms with Gasteiger partial charge in [0.05, 0.1) is 6.10 Å². The topological polar surface area (TPSA) is 55.6 Å². The molecule has 2 saturated carbocycles. The zero-order valence-corrected chi connectivity index (χ0v) is 14.3. The Balaban J connectivity index is 2.02. The first-order valence-corrected chi connectivity index (χ1v) is 8.41. The van der Waals surface area contributed by atoms with Crippen LogP contribution in [0, 0.1) is 11.3 Å². The van der Waals surface area contributed by atoms with E-state index < -0.39 is 5.54 Å². The van der Waals surface area contributed by atoms with Crippen LogP contribution in [0.2, 0.25) is 0 Å². The maximum atomic E-state index is 12.9. The van der Waals surface area contributed by atoms with Gasteiger partial charge in [-0.15, -0.1) is 0 Å². The van der Waals surface area contributed by atoms with Crippen LogP contribution in [0.25, 0.3) is 0 Å². The van der Waals surface area contributed by atoms with Gasteiger partial charge in [-0.1, -0.05) is 20.8 Å². The summed E-state index contributed by atoms with van der Waals surface area (Å²) in [4.78, 5) is 14.9. The zero-order chi connectivity index (χ0) is 15.8. The molecule has 4 heteroatoms. The molecule has 2 aliphatic carbocycles. The lowest BCUT2D eigenvalue weighted by Crippen LogP contribution is -2.76. The number of rotatable bonds is 4. The van der Waals surface area contributed by atoms with Crippen molar-refractivity contribution in [3.63, 3.8) is 0 Å². The zero-order valence-electron chi connectivity index (χ0n) is 14.3. The summed E-state index contributed by atoms with van der Waals surface area (Å²) in [5.74, 6) is 0.891. The molecular weight excluding hydrogens is 264 g/mol. The Morgan fingerprint density at radius 3 is 2.33 bits per heavy atom. The van der Waals surface area contributed by atoms with Crippen LogP contribution >= 0.6 is 0 Å². The first kappa shape index (κ1) is 16.8. The fourth-order valence-electron chi connectivity index (χ4n) is 3.91. The molecule has 2 aliphatic rings. The molecular formula is C17H32N2O2. The molecule has 122 valence electrons. The third kappa shape index (κ3) is 2.72. The molecule has 2 rings (SSSR count). The van der Waals surface area contributed by atoms with Crippen molar-refractivity contribution in [3.8, 4) is 0 Å². The van der Waals surface area contributed by atoms with Crippen LogP contribution in [0.5, 0.6) is 0 Å². The van der Waals surface area contributed by atoms with Crippen molar-refractivity contribution in [2.45, 2.75) is 77.5 Å². The fourth-order valence-corrected chi connectivity index (χ4v) is 3.91. The molecule has 1 amide bonds. The number of nitrogens with zero attached hydrogens (tertiary/aromatic N) is 1. The van der Waals surface area contributed by atoms with Crippen LogP contribution < -0.4 is 5.73 Å². The highest BCUT2D eigenvalue weighted by Crippen LogP contribution is 2.50. The lowest BCUT2D eigenvalue weighted by atomic mass is 9.54. The van der Waals surface area contributed by atoms with E-state index in [0.29, 0.717) is 19.1 Å². The summed E-state index contributed by atoms with van der Waals surface area (Å²) >= 11 is 0. The number of ether oxygens (including phenoxy) is 1. The van der Waals surface area contributed by atoms with Crippen molar-refractivity contribution in [1.29, 1.82) is 0 Å². The average Bonchev–Trinajstić information content (AvgIpc) is 2.46. The number of carbonyl (C=O) groups excluding carboxylic acids is 1. The van der Waals surface area contributed by atoms with Gasteiger partial charge >= 0.3 is 0 Å². The molecule has 2 atom stereocenters. The Morgan fingerprint density at radius 1 is 1.29 bits per heavy atom. The van der Waals surface area contributed by atoms with E-state index in [0.717, 1.165) is 18.8 Å². The van der Waals surface area contributed by atoms with Crippen LogP contribution in [-0.2, 0) is 9.53 Å². The molecule has 0 spiro atoms. The van der Waals surface area contributed by atoms with Crippen molar-refractivity contribution in [2.24, 2.45) is 17.1 Å². The molecule has 2 fully saturated rings. The smallest absolute Gasteiger partial charge is 0.243 e. The Hall–Kier alpha value is -0.610. The Kier molecular flexibility index (Phi) is 4.69. The predicted molar refractivity (Wildman–Crippen MR) is 84.9 cm³/mol. The highest BCUT2D eigenvalue weighted by molar-refractivity contribution is 5.89. The first-order valence-electron chi connectivity index (χ1n) is 8.41. The van der Waals surface area contributed by atoms with Gasteiger partial charge < -0.3 is 15.4 Å². The minimum atomic E-state index is -0.773. The Morgan fingerprint density at radius 2 is 1.86 bits per heavy atom. The molecule has 0 aromatic rings. The monoisotopic (exact) mass is 296 g/mol. The number of nitrogens with two attached hydrogens (primary N) is 1. The number of likely N-dealkylation sites (N-methyl/N-ethyl adjacent to an activating group) is 1. The molecule has 0 bridgehead atoms. The highest BCUT2D eigenvalue weighted by Gasteiger charge is 2.63. The van der Waals surface area contributed by atoms with Gasteiger partial charge in [0.1, 0.15) is 5.54 Å². The van der Waals surface area contributed by atoms with E-state index in [1.807, 2.05) is 18.9 Å². The summed E-state index contributed by atoms with van der Waals surface area (Å²) in [5.41, 5.74) is 5.44. The highest BCUT2D eigenvalue weighted by atomic mass is 16.5. The van der Waals surface area contributed by atoms with Gasteiger partial charge in [-0.2, -0.15) is 0 Å². The molecule has 0 heterocycles. The second-order valence-electron chi connectivity index (χ2n) is 7.67. The molecule has 4 nitrogen and oxygen atoms in total. The molecule has 2 N–H and O–H groups in total. The lowest BCUT2D eigenvalue weighted by molar-refractivity contribution is -0.180. The molecule has 0 aliphatic heterocycles. The van der Waals surface area contributed by atoms with E-state index in [1.54, 1.807) is 0 Å². The summed E-state index contributed by atoms with van der Waals surface area (Å²) in [6, 6.07) is 0.357. The van der Waals surface area contributed by atoms with E-state index in [9.17, 15) is 4.79 Å². The van der Waals surface area contributed by atoms with Crippen LogP contribution in [-0.4, -0.2) is 42.1 Å². The van der Waals surface area contributed by atoms with Crippen molar-refractivity contribution >= 4 is 5.91 Å². The van der Waals surface area contributed by atoms with Gasteiger partial charge in [-0.25, -0.2) is 0 Å². The van der Waals surface area contributed by atoms with Crippen LogP contribution in [0.15, 0.2) is 0 Å². The maximum absolute atomic E-state index is 12.9. The third-order valence-electron chi connectivity index (χ3n) is 6.07. The normalized spacial score (nSPS) is 38.7. The summed E-state index contributed by atoms with van der Waals surface area (Å²) in [7, 11) is 1.93. The molecule has 0 radical (unpaired) electrons. The van der Waals surface area contributed by atoms with Crippen molar-refractivity contribution in [3.05, 3.63) is 0 Å². The van der Waals surface area contributed by atoms with Gasteiger partial charge in [-0.3, -0.25) is 4.79 Å². The van der Waals surface area contributed by atoms with E-state index in [1.165, 1.54) is 12.8 Å². The average molecular weight is 296 g/mol. The van der Waals surface area contributed by atoms with Gasteiger partial charge in [0, 0.05) is 31.5 Å². The Labute approximate surface area is 129 Å². The van der Waals surface area contributed by atoms with Crippen LogP contribution in [0.1, 0.15) is 59.8 Å². The van der Waals surface area contributed by atoms with Gasteiger partial charge in [0.25, 0.3) is 0 Å². The summed E-state index contributed by atoms with van der Waals surface area (Å²) < 4.78 is 5.73. The van der Waals surface area contributed by atoms with Crippen LogP contribution in [0.3, 0.4) is 0 Å². The first-order chi connectivity index (χ1) is 9.74. The SMILES string of the molecule is CCOC1CC(N)(C(=O)N(C)C2CCC(C)CC2)C1(C)C. The largest absolute Gasteiger partial charge is 0.378 e. The summed E-state index contributed by atoms with van der Waals surface area (Å²) in [6.45, 7) is 9.08. The van der Waals surface area contributed by atoms with Crippen LogP contribution in [0.4, 0.5) is 0 Å². The third-order valence-corrected chi connectivity index (χ3v) is 6.07. The standard InChI is InChI=1S/C17H32N2O2/c1-6-21-14-11-17(18,16(14,3)4)15(20)19(5)13-9-7-12(2)8-10-13/h12-14H,6-11,18H2,1-5H3. The molecule has 0 aromatic carbocycles. The minimum Gasteiger partial charge on any atom is -0.378 e. The summed E-state index contributed by atoms with van der Waals surface area (Å²) in [6.07, 6.45) is 5.37. The summed E-state index contributed by atoms with van der Waals surface area (Å²) in [5, 5.41) is 0. The fraction of sp³-hybridized carbons (Fsp3) is 0.941. The number of hydrogen-bond donors (Lipinski definition) is 1. The minimum absolute atomic E-state index is 0.0937. The number of hydrogen-bond acceptors (Lipinski definition) is 3. The van der Waals surface area contributed by atoms with Gasteiger partial charge in [-0.05, 0) is 38.5 Å². The maximum Gasteiger partial charge on any atom is 0.243 e. The second-order valence-corrected chi connectivity index (χ2v) is 7.67. The van der Waals surface area contributed by atoms with Crippen molar-refractivity contribution < 1.29 is 9.53 Å². The number of carbonyl (C=O) groups is 1. The molecule has 0 saturated heterocycles. The quantitative estimate of drug-likeness (QED) is 0.867.